The minimum absolute atomic E-state index is 0.208. The SMILES string of the molecule is C/C(=C/C#C/C(C)=C/C#Cc1ccoc1)C(=O)O. The second-order valence-corrected chi connectivity index (χ2v) is 3.51. The first-order valence-electron chi connectivity index (χ1n) is 5.21. The molecule has 0 aliphatic carbocycles. The number of hydrogen-bond donors (Lipinski definition) is 1. The first-order chi connectivity index (χ1) is 8.59. The molecule has 1 heterocycles. The van der Waals surface area contributed by atoms with Gasteiger partial charge in [-0.25, -0.2) is 4.79 Å². The molecule has 3 heteroatoms. The van der Waals surface area contributed by atoms with Crippen molar-refractivity contribution in [3.63, 3.8) is 0 Å². The summed E-state index contributed by atoms with van der Waals surface area (Å²) in [4.78, 5) is 10.5. The Hall–Kier alpha value is -2.65. The molecule has 0 unspecified atom stereocenters. The number of furan rings is 1. The third-order valence-corrected chi connectivity index (χ3v) is 1.92. The van der Waals surface area contributed by atoms with Gasteiger partial charge in [-0.3, -0.25) is 0 Å². The highest BCUT2D eigenvalue weighted by Crippen LogP contribution is 1.96. The van der Waals surface area contributed by atoms with Crippen LogP contribution in [0.4, 0.5) is 0 Å². The minimum Gasteiger partial charge on any atom is -0.478 e. The number of carboxylic acid groups (broad SMARTS) is 1. The fraction of sp³-hybridized carbons (Fsp3) is 0.133. The molecule has 3 nitrogen and oxygen atoms in total. The molecule has 0 saturated carbocycles. The van der Waals surface area contributed by atoms with Gasteiger partial charge in [0.1, 0.15) is 6.26 Å². The van der Waals surface area contributed by atoms with Crippen molar-refractivity contribution >= 4 is 5.97 Å². The van der Waals surface area contributed by atoms with Crippen LogP contribution in [-0.2, 0) is 4.79 Å². The molecule has 0 spiro atoms. The first kappa shape index (κ1) is 13.4. The Balaban J connectivity index is 2.66. The van der Waals surface area contributed by atoms with Crippen LogP contribution in [0.15, 0.2) is 46.3 Å². The van der Waals surface area contributed by atoms with Crippen LogP contribution < -0.4 is 0 Å². The van der Waals surface area contributed by atoms with Gasteiger partial charge in [-0.05, 0) is 32.1 Å². The van der Waals surface area contributed by atoms with Gasteiger partial charge in [0, 0.05) is 11.1 Å². The Bertz CT molecular complexity index is 594. The minimum atomic E-state index is -0.967. The van der Waals surface area contributed by atoms with E-state index in [4.69, 9.17) is 9.52 Å². The van der Waals surface area contributed by atoms with Gasteiger partial charge in [-0.2, -0.15) is 0 Å². The summed E-state index contributed by atoms with van der Waals surface area (Å²) < 4.78 is 4.87. The normalized spacial score (nSPS) is 11.0. The van der Waals surface area contributed by atoms with Crippen LogP contribution in [0, 0.1) is 23.7 Å². The van der Waals surface area contributed by atoms with E-state index in [-0.39, 0.29) is 5.57 Å². The highest BCUT2D eigenvalue weighted by Gasteiger charge is 1.95. The van der Waals surface area contributed by atoms with Crippen molar-refractivity contribution in [3.8, 4) is 23.7 Å². The van der Waals surface area contributed by atoms with Crippen molar-refractivity contribution in [2.24, 2.45) is 0 Å². The van der Waals surface area contributed by atoms with Crippen LogP contribution in [0.25, 0.3) is 0 Å². The van der Waals surface area contributed by atoms with E-state index in [1.165, 1.54) is 13.0 Å². The number of carbonyl (C=O) groups is 1. The van der Waals surface area contributed by atoms with E-state index in [0.717, 1.165) is 11.1 Å². The highest BCUT2D eigenvalue weighted by atomic mass is 16.4. The lowest BCUT2D eigenvalue weighted by Gasteiger charge is -1.85. The van der Waals surface area contributed by atoms with Gasteiger partial charge in [-0.1, -0.05) is 23.7 Å². The Morgan fingerprint density at radius 2 is 2.11 bits per heavy atom. The maximum atomic E-state index is 10.5. The molecule has 1 aromatic heterocycles. The lowest BCUT2D eigenvalue weighted by Crippen LogP contribution is -1.94. The molecule has 0 bridgehead atoms. The van der Waals surface area contributed by atoms with E-state index in [2.05, 4.69) is 23.7 Å². The molecular formula is C15H12O3. The molecule has 90 valence electrons. The van der Waals surface area contributed by atoms with Gasteiger partial charge >= 0.3 is 5.97 Å². The molecule has 0 radical (unpaired) electrons. The van der Waals surface area contributed by atoms with Crippen molar-refractivity contribution in [3.05, 3.63) is 47.5 Å². The third kappa shape index (κ3) is 4.92. The van der Waals surface area contributed by atoms with Crippen LogP contribution in [0.1, 0.15) is 19.4 Å². The van der Waals surface area contributed by atoms with Crippen LogP contribution in [-0.4, -0.2) is 11.1 Å². The summed E-state index contributed by atoms with van der Waals surface area (Å²) in [6.07, 6.45) is 6.15. The molecule has 0 saturated heterocycles. The molecule has 18 heavy (non-hydrogen) atoms. The second kappa shape index (κ2) is 6.83. The van der Waals surface area contributed by atoms with Crippen LogP contribution in [0.3, 0.4) is 0 Å². The average Bonchev–Trinajstić information content (AvgIpc) is 2.81. The molecule has 1 N–H and O–H groups in total. The summed E-state index contributed by atoms with van der Waals surface area (Å²) in [5.41, 5.74) is 1.77. The zero-order chi connectivity index (χ0) is 13.4. The van der Waals surface area contributed by atoms with Gasteiger partial charge in [0.2, 0.25) is 0 Å². The number of carboxylic acids is 1. The fourth-order valence-electron chi connectivity index (χ4n) is 0.919. The van der Waals surface area contributed by atoms with E-state index in [1.807, 2.05) is 0 Å². The fourth-order valence-corrected chi connectivity index (χ4v) is 0.919. The van der Waals surface area contributed by atoms with Gasteiger partial charge < -0.3 is 9.52 Å². The van der Waals surface area contributed by atoms with Gasteiger partial charge in [0.25, 0.3) is 0 Å². The first-order valence-corrected chi connectivity index (χ1v) is 5.21. The maximum Gasteiger partial charge on any atom is 0.331 e. The quantitative estimate of drug-likeness (QED) is 0.606. The second-order valence-electron chi connectivity index (χ2n) is 3.51. The van der Waals surface area contributed by atoms with Crippen molar-refractivity contribution in [1.29, 1.82) is 0 Å². The number of rotatable bonds is 1. The average molecular weight is 240 g/mol. The summed E-state index contributed by atoms with van der Waals surface area (Å²) in [6.45, 7) is 3.30. The zero-order valence-corrected chi connectivity index (χ0v) is 10.2. The van der Waals surface area contributed by atoms with Gasteiger partial charge in [-0.15, -0.1) is 0 Å². The van der Waals surface area contributed by atoms with Crippen molar-refractivity contribution in [1.82, 2.24) is 0 Å². The van der Waals surface area contributed by atoms with Gasteiger partial charge in [0.15, 0.2) is 0 Å². The number of allylic oxidation sites excluding steroid dienone is 3. The topological polar surface area (TPSA) is 50.4 Å². The molecule has 0 aromatic carbocycles. The Labute approximate surface area is 106 Å². The van der Waals surface area contributed by atoms with Crippen LogP contribution in [0.2, 0.25) is 0 Å². The standard InChI is InChI=1S/C15H12O3/c1-12(5-3-7-13(2)15(16)17)6-4-8-14-9-10-18-11-14/h6-7,9-11H,1-2H3,(H,16,17)/b12-6+,13-7-. The maximum absolute atomic E-state index is 10.5. The number of aliphatic carboxylic acids is 1. The van der Waals surface area contributed by atoms with E-state index >= 15 is 0 Å². The third-order valence-electron chi connectivity index (χ3n) is 1.92. The predicted molar refractivity (Wildman–Crippen MR) is 68.5 cm³/mol. The molecular weight excluding hydrogens is 228 g/mol. The molecule has 0 aliphatic rings. The lowest BCUT2D eigenvalue weighted by atomic mass is 10.2. The number of hydrogen-bond acceptors (Lipinski definition) is 2. The largest absolute Gasteiger partial charge is 0.478 e. The van der Waals surface area contributed by atoms with E-state index in [1.54, 1.807) is 31.6 Å². The monoisotopic (exact) mass is 240 g/mol. The van der Waals surface area contributed by atoms with Crippen molar-refractivity contribution < 1.29 is 14.3 Å². The van der Waals surface area contributed by atoms with E-state index < -0.39 is 5.97 Å². The summed E-state index contributed by atoms with van der Waals surface area (Å²) in [5.74, 6) is 10.2. The van der Waals surface area contributed by atoms with Crippen LogP contribution in [0.5, 0.6) is 0 Å². The Morgan fingerprint density at radius 3 is 2.72 bits per heavy atom. The Kier molecular flexibility index (Phi) is 5.09. The lowest BCUT2D eigenvalue weighted by molar-refractivity contribution is -0.132. The summed E-state index contributed by atoms with van der Waals surface area (Å²) in [5, 5.41) is 8.61. The zero-order valence-electron chi connectivity index (χ0n) is 10.2. The smallest absolute Gasteiger partial charge is 0.331 e. The van der Waals surface area contributed by atoms with Gasteiger partial charge in [0.05, 0.1) is 11.8 Å². The molecule has 1 rings (SSSR count). The van der Waals surface area contributed by atoms with E-state index in [9.17, 15) is 4.79 Å². The molecule has 0 amide bonds. The van der Waals surface area contributed by atoms with E-state index in [0.29, 0.717) is 0 Å². The molecule has 1 aromatic rings. The predicted octanol–water partition coefficient (Wildman–Crippen LogP) is 2.61. The summed E-state index contributed by atoms with van der Waals surface area (Å²) in [6, 6.07) is 1.76. The Morgan fingerprint density at radius 1 is 1.33 bits per heavy atom. The molecule has 0 fully saturated rings. The molecule has 0 aliphatic heterocycles. The summed E-state index contributed by atoms with van der Waals surface area (Å²) in [7, 11) is 0. The van der Waals surface area contributed by atoms with Crippen molar-refractivity contribution in [2.75, 3.05) is 0 Å². The summed E-state index contributed by atoms with van der Waals surface area (Å²) >= 11 is 0. The highest BCUT2D eigenvalue weighted by molar-refractivity contribution is 5.86. The van der Waals surface area contributed by atoms with Crippen molar-refractivity contribution in [2.45, 2.75) is 13.8 Å². The van der Waals surface area contributed by atoms with Crippen LogP contribution >= 0.6 is 0 Å². The molecule has 0 atom stereocenters.